The number of para-hydroxylation sites is 1. The Balaban J connectivity index is 1.62. The molecule has 5 N–H and O–H groups in total. The van der Waals surface area contributed by atoms with Crippen molar-refractivity contribution in [3.05, 3.63) is 41.9 Å². The first-order valence-corrected chi connectivity index (χ1v) is 6.54. The molecule has 3 aromatic rings. The van der Waals surface area contributed by atoms with Gasteiger partial charge in [0.2, 0.25) is 5.91 Å². The van der Waals surface area contributed by atoms with Crippen molar-refractivity contribution in [2.45, 2.75) is 19.0 Å². The Morgan fingerprint density at radius 2 is 2.24 bits per heavy atom. The van der Waals surface area contributed by atoms with Crippen LogP contribution in [0.15, 0.2) is 30.5 Å². The van der Waals surface area contributed by atoms with Gasteiger partial charge in [0, 0.05) is 17.1 Å². The fourth-order valence-corrected chi connectivity index (χ4v) is 2.18. The van der Waals surface area contributed by atoms with Crippen LogP contribution in [0.5, 0.6) is 0 Å². The molecule has 0 fully saturated rings. The summed E-state index contributed by atoms with van der Waals surface area (Å²) >= 11 is 0. The largest absolute Gasteiger partial charge is 0.361 e. The maximum atomic E-state index is 12.0. The van der Waals surface area contributed by atoms with Gasteiger partial charge in [-0.3, -0.25) is 4.79 Å². The summed E-state index contributed by atoms with van der Waals surface area (Å²) in [5, 5.41) is 17.0. The van der Waals surface area contributed by atoms with Crippen LogP contribution in [0.4, 0.5) is 0 Å². The van der Waals surface area contributed by atoms with Crippen LogP contribution in [0.1, 0.15) is 11.4 Å². The molecule has 2 aromatic heterocycles. The van der Waals surface area contributed by atoms with Crippen LogP contribution >= 0.6 is 0 Å². The molecule has 1 atom stereocenters. The molecule has 0 radical (unpaired) electrons. The maximum Gasteiger partial charge on any atom is 0.237 e. The lowest BCUT2D eigenvalue weighted by Crippen LogP contribution is -2.41. The van der Waals surface area contributed by atoms with Crippen molar-refractivity contribution < 1.29 is 4.79 Å². The van der Waals surface area contributed by atoms with Gasteiger partial charge < -0.3 is 16.0 Å². The van der Waals surface area contributed by atoms with Gasteiger partial charge in [-0.15, -0.1) is 10.2 Å². The Morgan fingerprint density at radius 1 is 1.38 bits per heavy atom. The number of nitrogens with zero attached hydrogens (tertiary/aromatic N) is 3. The van der Waals surface area contributed by atoms with Crippen LogP contribution in [-0.2, 0) is 17.8 Å². The molecule has 0 saturated carbocycles. The third kappa shape index (κ3) is 2.90. The van der Waals surface area contributed by atoms with E-state index in [1.807, 2.05) is 30.5 Å². The van der Waals surface area contributed by atoms with E-state index in [-0.39, 0.29) is 12.5 Å². The van der Waals surface area contributed by atoms with Gasteiger partial charge in [-0.2, -0.15) is 5.21 Å². The van der Waals surface area contributed by atoms with Gasteiger partial charge in [-0.05, 0) is 18.1 Å². The molecule has 0 unspecified atom stereocenters. The van der Waals surface area contributed by atoms with Crippen molar-refractivity contribution in [2.75, 3.05) is 0 Å². The molecule has 21 heavy (non-hydrogen) atoms. The summed E-state index contributed by atoms with van der Waals surface area (Å²) < 4.78 is 0. The average molecular weight is 285 g/mol. The molecule has 0 spiro atoms. The van der Waals surface area contributed by atoms with Crippen molar-refractivity contribution in [1.29, 1.82) is 0 Å². The minimum Gasteiger partial charge on any atom is -0.361 e. The topological polar surface area (TPSA) is 125 Å². The van der Waals surface area contributed by atoms with E-state index in [9.17, 15) is 4.79 Å². The molecule has 2 heterocycles. The minimum atomic E-state index is -0.629. The molecule has 1 amide bonds. The first kappa shape index (κ1) is 13.3. The molecule has 0 aliphatic heterocycles. The summed E-state index contributed by atoms with van der Waals surface area (Å²) in [6, 6.07) is 7.28. The van der Waals surface area contributed by atoms with Crippen LogP contribution in [0.2, 0.25) is 0 Å². The van der Waals surface area contributed by atoms with E-state index >= 15 is 0 Å². The van der Waals surface area contributed by atoms with Crippen molar-refractivity contribution in [3.8, 4) is 0 Å². The lowest BCUT2D eigenvalue weighted by Gasteiger charge is -2.10. The van der Waals surface area contributed by atoms with Gasteiger partial charge in [0.25, 0.3) is 0 Å². The number of carbonyl (C=O) groups excluding carboxylic acids is 1. The summed E-state index contributed by atoms with van der Waals surface area (Å²) in [5.74, 6) is 0.174. The van der Waals surface area contributed by atoms with E-state index in [0.717, 1.165) is 16.5 Å². The molecule has 0 saturated heterocycles. The number of hydrogen-bond donors (Lipinski definition) is 4. The fourth-order valence-electron chi connectivity index (χ4n) is 2.18. The third-order valence-electron chi connectivity index (χ3n) is 3.26. The summed E-state index contributed by atoms with van der Waals surface area (Å²) in [5.41, 5.74) is 8.00. The predicted octanol–water partition coefficient (Wildman–Crippen LogP) is -0.133. The Bertz CT molecular complexity index is 734. The number of amides is 1. The van der Waals surface area contributed by atoms with Gasteiger partial charge in [0.15, 0.2) is 5.82 Å². The minimum absolute atomic E-state index is 0.205. The first-order valence-electron chi connectivity index (χ1n) is 6.54. The lowest BCUT2D eigenvalue weighted by molar-refractivity contribution is -0.122. The highest BCUT2D eigenvalue weighted by atomic mass is 16.2. The Morgan fingerprint density at radius 3 is 3.05 bits per heavy atom. The zero-order chi connectivity index (χ0) is 14.7. The number of carbonyl (C=O) groups is 1. The number of nitrogens with one attached hydrogen (secondary N) is 3. The normalized spacial score (nSPS) is 12.4. The number of hydrogen-bond acceptors (Lipinski definition) is 5. The summed E-state index contributed by atoms with van der Waals surface area (Å²) in [6.45, 7) is 0.205. The highest BCUT2D eigenvalue weighted by Gasteiger charge is 2.16. The third-order valence-corrected chi connectivity index (χ3v) is 3.26. The second kappa shape index (κ2) is 5.71. The van der Waals surface area contributed by atoms with Gasteiger partial charge in [0.1, 0.15) is 0 Å². The van der Waals surface area contributed by atoms with Crippen molar-refractivity contribution in [1.82, 2.24) is 30.9 Å². The summed E-state index contributed by atoms with van der Waals surface area (Å²) in [6.07, 6.45) is 2.35. The van der Waals surface area contributed by atoms with Crippen molar-refractivity contribution in [2.24, 2.45) is 5.73 Å². The van der Waals surface area contributed by atoms with Crippen LogP contribution in [0.3, 0.4) is 0 Å². The maximum absolute atomic E-state index is 12.0. The summed E-state index contributed by atoms with van der Waals surface area (Å²) in [4.78, 5) is 15.1. The number of aromatic nitrogens is 5. The highest BCUT2D eigenvalue weighted by molar-refractivity contribution is 5.86. The Kier molecular flexibility index (Phi) is 3.61. The molecule has 0 aliphatic carbocycles. The first-order chi connectivity index (χ1) is 10.2. The molecular weight excluding hydrogens is 270 g/mol. The molecule has 1 aromatic carbocycles. The molecule has 8 heteroatoms. The zero-order valence-corrected chi connectivity index (χ0v) is 11.2. The number of rotatable bonds is 5. The standard InChI is InChI=1S/C13H15N7O/c14-10(13(21)16-7-12-17-19-20-18-12)5-8-6-15-11-4-2-1-3-9(8)11/h1-4,6,10,15H,5,7,14H2,(H,16,21)(H,17,18,19,20)/t10-/m0/s1. The monoisotopic (exact) mass is 285 g/mol. The quantitative estimate of drug-likeness (QED) is 0.519. The van der Waals surface area contributed by atoms with Crippen LogP contribution in [0, 0.1) is 0 Å². The zero-order valence-electron chi connectivity index (χ0n) is 11.2. The Labute approximate surface area is 120 Å². The van der Waals surface area contributed by atoms with E-state index in [1.54, 1.807) is 0 Å². The van der Waals surface area contributed by atoms with Crippen LogP contribution in [-0.4, -0.2) is 37.6 Å². The number of aromatic amines is 2. The molecular formula is C13H15N7O. The SMILES string of the molecule is N[C@@H](Cc1c[nH]c2ccccc12)C(=O)NCc1nn[nH]n1. The average Bonchev–Trinajstić information content (AvgIpc) is 3.15. The number of H-pyrrole nitrogens is 2. The number of tetrazole rings is 1. The van der Waals surface area contributed by atoms with E-state index in [0.29, 0.717) is 12.2 Å². The smallest absolute Gasteiger partial charge is 0.237 e. The second-order valence-electron chi connectivity index (χ2n) is 4.72. The molecule has 108 valence electrons. The van der Waals surface area contributed by atoms with Crippen molar-refractivity contribution >= 4 is 16.8 Å². The predicted molar refractivity (Wildman–Crippen MR) is 76.0 cm³/mol. The second-order valence-corrected chi connectivity index (χ2v) is 4.72. The van der Waals surface area contributed by atoms with Crippen LogP contribution in [0.25, 0.3) is 10.9 Å². The number of benzene rings is 1. The Hall–Kier alpha value is -2.74. The van der Waals surface area contributed by atoms with E-state index < -0.39 is 6.04 Å². The van der Waals surface area contributed by atoms with Gasteiger partial charge in [-0.1, -0.05) is 23.4 Å². The number of fused-ring (bicyclic) bond motifs is 1. The molecule has 3 rings (SSSR count). The van der Waals surface area contributed by atoms with E-state index in [1.165, 1.54) is 0 Å². The highest BCUT2D eigenvalue weighted by Crippen LogP contribution is 2.18. The van der Waals surface area contributed by atoms with Crippen LogP contribution < -0.4 is 11.1 Å². The van der Waals surface area contributed by atoms with Gasteiger partial charge >= 0.3 is 0 Å². The molecule has 0 aliphatic rings. The molecule has 0 bridgehead atoms. The number of nitrogens with two attached hydrogens (primary N) is 1. The fraction of sp³-hybridized carbons (Fsp3) is 0.231. The van der Waals surface area contributed by atoms with E-state index in [2.05, 4.69) is 30.9 Å². The molecule has 8 nitrogen and oxygen atoms in total. The van der Waals surface area contributed by atoms with E-state index in [4.69, 9.17) is 5.73 Å². The van der Waals surface area contributed by atoms with Gasteiger partial charge in [-0.25, -0.2) is 0 Å². The van der Waals surface area contributed by atoms with Crippen molar-refractivity contribution in [3.63, 3.8) is 0 Å². The lowest BCUT2D eigenvalue weighted by atomic mass is 10.1. The van der Waals surface area contributed by atoms with Gasteiger partial charge in [0.05, 0.1) is 12.6 Å². The summed E-state index contributed by atoms with van der Waals surface area (Å²) in [7, 11) is 0.